The normalized spacial score (nSPS) is 25.5. The summed E-state index contributed by atoms with van der Waals surface area (Å²) < 4.78 is 0. The number of hydrogen-bond acceptors (Lipinski definition) is 2. The summed E-state index contributed by atoms with van der Waals surface area (Å²) in [6, 6.07) is 5.18. The van der Waals surface area contributed by atoms with E-state index in [1.54, 1.807) is 0 Å². The lowest BCUT2D eigenvalue weighted by Crippen LogP contribution is -2.26. The summed E-state index contributed by atoms with van der Waals surface area (Å²) in [4.78, 5) is 2.45. The number of likely N-dealkylation sites (tertiary alicyclic amines) is 1. The zero-order chi connectivity index (χ0) is 12.6. The Morgan fingerprint density at radius 2 is 1.82 bits per heavy atom. The Balaban J connectivity index is 2.42. The fourth-order valence-corrected chi connectivity index (χ4v) is 3.07. The standard InChI is InChI=1S/C15H24N2/c1-10-7-12(3)14(8-11(10)2)15-13(9-16)5-6-17(15)4/h7-8,13,15H,5-6,9,16H2,1-4H3. The lowest BCUT2D eigenvalue weighted by molar-refractivity contribution is 0.278. The number of benzene rings is 1. The van der Waals surface area contributed by atoms with Crippen LogP contribution in [0.3, 0.4) is 0 Å². The van der Waals surface area contributed by atoms with Crippen molar-refractivity contribution in [3.05, 3.63) is 34.4 Å². The third-order valence-electron chi connectivity index (χ3n) is 4.28. The quantitative estimate of drug-likeness (QED) is 0.849. The van der Waals surface area contributed by atoms with Crippen LogP contribution in [-0.4, -0.2) is 25.0 Å². The van der Waals surface area contributed by atoms with E-state index in [0.29, 0.717) is 12.0 Å². The minimum absolute atomic E-state index is 0.513. The molecule has 0 saturated carbocycles. The SMILES string of the molecule is Cc1cc(C)c(C2C(CN)CCN2C)cc1C. The first-order valence-electron chi connectivity index (χ1n) is 6.52. The smallest absolute Gasteiger partial charge is 0.0388 e. The highest BCUT2D eigenvalue weighted by atomic mass is 15.2. The molecule has 17 heavy (non-hydrogen) atoms. The lowest BCUT2D eigenvalue weighted by atomic mass is 9.89. The van der Waals surface area contributed by atoms with E-state index in [2.05, 4.69) is 44.9 Å². The summed E-state index contributed by atoms with van der Waals surface area (Å²) >= 11 is 0. The number of hydrogen-bond donors (Lipinski definition) is 1. The first-order chi connectivity index (χ1) is 8.04. The van der Waals surface area contributed by atoms with Crippen molar-refractivity contribution in [1.82, 2.24) is 4.90 Å². The summed E-state index contributed by atoms with van der Waals surface area (Å²) in [6.45, 7) is 8.57. The highest BCUT2D eigenvalue weighted by Gasteiger charge is 2.32. The molecule has 1 aromatic rings. The maximum Gasteiger partial charge on any atom is 0.0388 e. The highest BCUT2D eigenvalue weighted by Crippen LogP contribution is 2.37. The van der Waals surface area contributed by atoms with Crippen LogP contribution in [0.4, 0.5) is 0 Å². The van der Waals surface area contributed by atoms with Crippen molar-refractivity contribution in [2.24, 2.45) is 11.7 Å². The Labute approximate surface area is 105 Å². The van der Waals surface area contributed by atoms with Gasteiger partial charge in [-0.1, -0.05) is 12.1 Å². The van der Waals surface area contributed by atoms with Crippen molar-refractivity contribution in [3.8, 4) is 0 Å². The molecule has 0 aliphatic carbocycles. The van der Waals surface area contributed by atoms with Crippen LogP contribution in [0, 0.1) is 26.7 Å². The monoisotopic (exact) mass is 232 g/mol. The van der Waals surface area contributed by atoms with Gasteiger partial charge in [-0.05, 0) is 75.5 Å². The molecule has 94 valence electrons. The van der Waals surface area contributed by atoms with Gasteiger partial charge in [-0.2, -0.15) is 0 Å². The summed E-state index contributed by atoms with van der Waals surface area (Å²) in [6.07, 6.45) is 1.23. The van der Waals surface area contributed by atoms with Crippen molar-refractivity contribution >= 4 is 0 Å². The molecule has 0 amide bonds. The third kappa shape index (κ3) is 2.24. The van der Waals surface area contributed by atoms with Gasteiger partial charge >= 0.3 is 0 Å². The second-order valence-corrected chi connectivity index (χ2v) is 5.50. The van der Waals surface area contributed by atoms with Crippen molar-refractivity contribution in [2.75, 3.05) is 20.1 Å². The van der Waals surface area contributed by atoms with Gasteiger partial charge in [0, 0.05) is 6.04 Å². The van der Waals surface area contributed by atoms with Gasteiger partial charge in [0.15, 0.2) is 0 Å². The molecule has 1 heterocycles. The van der Waals surface area contributed by atoms with Gasteiger partial charge in [-0.3, -0.25) is 4.90 Å². The van der Waals surface area contributed by atoms with Gasteiger partial charge in [-0.15, -0.1) is 0 Å². The van der Waals surface area contributed by atoms with Crippen LogP contribution in [0.5, 0.6) is 0 Å². The van der Waals surface area contributed by atoms with E-state index in [1.807, 2.05) is 0 Å². The molecular formula is C15H24N2. The molecule has 2 N–H and O–H groups in total. The Kier molecular flexibility index (Phi) is 3.55. The van der Waals surface area contributed by atoms with Crippen LogP contribution >= 0.6 is 0 Å². The van der Waals surface area contributed by atoms with Crippen LogP contribution in [0.25, 0.3) is 0 Å². The molecule has 0 bridgehead atoms. The van der Waals surface area contributed by atoms with Gasteiger partial charge in [0.05, 0.1) is 0 Å². The predicted octanol–water partition coefficient (Wildman–Crippen LogP) is 2.56. The number of rotatable bonds is 2. The summed E-state index contributed by atoms with van der Waals surface area (Å²) in [5.41, 5.74) is 11.6. The number of aryl methyl sites for hydroxylation is 3. The van der Waals surface area contributed by atoms with Crippen LogP contribution < -0.4 is 5.73 Å². The molecule has 1 aromatic carbocycles. The Hall–Kier alpha value is -0.860. The Morgan fingerprint density at radius 1 is 1.18 bits per heavy atom. The zero-order valence-electron chi connectivity index (χ0n) is 11.5. The average molecular weight is 232 g/mol. The van der Waals surface area contributed by atoms with Gasteiger partial charge in [0.25, 0.3) is 0 Å². The topological polar surface area (TPSA) is 29.3 Å². The molecular weight excluding hydrogens is 208 g/mol. The van der Waals surface area contributed by atoms with E-state index in [1.165, 1.54) is 35.2 Å². The molecule has 2 rings (SSSR count). The second kappa shape index (κ2) is 4.79. The van der Waals surface area contributed by atoms with Crippen LogP contribution in [0.2, 0.25) is 0 Å². The van der Waals surface area contributed by atoms with Crippen molar-refractivity contribution in [1.29, 1.82) is 0 Å². The van der Waals surface area contributed by atoms with Crippen LogP contribution in [0.15, 0.2) is 12.1 Å². The molecule has 2 heteroatoms. The number of nitrogens with two attached hydrogens (primary N) is 1. The Bertz CT molecular complexity index is 412. The van der Waals surface area contributed by atoms with Gasteiger partial charge in [0.2, 0.25) is 0 Å². The minimum atomic E-state index is 0.513. The van der Waals surface area contributed by atoms with Crippen LogP contribution in [-0.2, 0) is 0 Å². The van der Waals surface area contributed by atoms with Crippen molar-refractivity contribution in [2.45, 2.75) is 33.2 Å². The summed E-state index contributed by atoms with van der Waals surface area (Å²) in [7, 11) is 2.22. The second-order valence-electron chi connectivity index (χ2n) is 5.50. The van der Waals surface area contributed by atoms with Gasteiger partial charge in [-0.25, -0.2) is 0 Å². The van der Waals surface area contributed by atoms with Gasteiger partial charge in [0.1, 0.15) is 0 Å². The number of nitrogens with zero attached hydrogens (tertiary/aromatic N) is 1. The predicted molar refractivity (Wildman–Crippen MR) is 73.2 cm³/mol. The molecule has 0 radical (unpaired) electrons. The van der Waals surface area contributed by atoms with E-state index >= 15 is 0 Å². The van der Waals surface area contributed by atoms with Crippen molar-refractivity contribution < 1.29 is 0 Å². The molecule has 1 aliphatic heterocycles. The maximum absolute atomic E-state index is 5.92. The fourth-order valence-electron chi connectivity index (χ4n) is 3.07. The largest absolute Gasteiger partial charge is 0.330 e. The van der Waals surface area contributed by atoms with E-state index in [9.17, 15) is 0 Å². The van der Waals surface area contributed by atoms with E-state index in [4.69, 9.17) is 5.73 Å². The summed E-state index contributed by atoms with van der Waals surface area (Å²) in [5, 5.41) is 0. The van der Waals surface area contributed by atoms with Gasteiger partial charge < -0.3 is 5.73 Å². The van der Waals surface area contributed by atoms with Crippen LogP contribution in [0.1, 0.15) is 34.7 Å². The highest BCUT2D eigenvalue weighted by molar-refractivity contribution is 5.39. The molecule has 1 aliphatic rings. The molecule has 0 spiro atoms. The molecule has 2 atom stereocenters. The molecule has 1 saturated heterocycles. The Morgan fingerprint density at radius 3 is 2.47 bits per heavy atom. The van der Waals surface area contributed by atoms with E-state index in [0.717, 1.165) is 6.54 Å². The lowest BCUT2D eigenvalue weighted by Gasteiger charge is -2.27. The molecule has 2 nitrogen and oxygen atoms in total. The first-order valence-corrected chi connectivity index (χ1v) is 6.52. The maximum atomic E-state index is 5.92. The average Bonchev–Trinajstić information content (AvgIpc) is 2.65. The minimum Gasteiger partial charge on any atom is -0.330 e. The molecule has 2 unspecified atom stereocenters. The van der Waals surface area contributed by atoms with E-state index < -0.39 is 0 Å². The molecule has 0 aromatic heterocycles. The first kappa shape index (κ1) is 12.6. The zero-order valence-corrected chi connectivity index (χ0v) is 11.5. The molecule has 1 fully saturated rings. The van der Waals surface area contributed by atoms with E-state index in [-0.39, 0.29) is 0 Å². The van der Waals surface area contributed by atoms with Crippen molar-refractivity contribution in [3.63, 3.8) is 0 Å². The fraction of sp³-hybridized carbons (Fsp3) is 0.600. The summed E-state index contributed by atoms with van der Waals surface area (Å²) in [5.74, 6) is 0.612. The third-order valence-corrected chi connectivity index (χ3v) is 4.28.